The molecule has 4 amide bonds. The molecule has 1 aromatic carbocycles. The maximum absolute atomic E-state index is 13.7. The summed E-state index contributed by atoms with van der Waals surface area (Å²) in [6.07, 6.45) is 1.17. The molecule has 3 aliphatic rings. The molecule has 1 aromatic heterocycles. The normalized spacial score (nSPS) is 19.1. The number of hydrogen-bond acceptors (Lipinski definition) is 5. The minimum Gasteiger partial charge on any atom is -0.491 e. The van der Waals surface area contributed by atoms with E-state index < -0.39 is 30.8 Å². The van der Waals surface area contributed by atoms with Gasteiger partial charge in [0.1, 0.15) is 30.6 Å². The number of anilines is 1. The number of urea groups is 1. The molecule has 10 nitrogen and oxygen atoms in total. The minimum absolute atomic E-state index is 0.0221. The quantitative estimate of drug-likeness (QED) is 0.349. The van der Waals surface area contributed by atoms with Crippen LogP contribution in [-0.4, -0.2) is 53.0 Å². The van der Waals surface area contributed by atoms with E-state index in [0.717, 1.165) is 25.7 Å². The Kier molecular flexibility index (Phi) is 7.65. The average molecular weight is 563 g/mol. The van der Waals surface area contributed by atoms with Crippen molar-refractivity contribution in [2.75, 3.05) is 18.5 Å². The molecule has 2 saturated carbocycles. The lowest BCUT2D eigenvalue weighted by Gasteiger charge is -2.28. The molecule has 2 aliphatic carbocycles. The van der Waals surface area contributed by atoms with Crippen LogP contribution in [0, 0.1) is 17.8 Å². The SMILES string of the molecule is CC(C)n1nccc1C(=O)N[C@H](C(=O)Nc1ccc2c(c1)OC[C@H]2NC(=O)NCC(F)(F)F)C(C1CC1)C1CC1. The van der Waals surface area contributed by atoms with Gasteiger partial charge in [-0.05, 0) is 69.4 Å². The zero-order valence-electron chi connectivity index (χ0n) is 22.3. The van der Waals surface area contributed by atoms with Gasteiger partial charge in [0.25, 0.3) is 5.91 Å². The van der Waals surface area contributed by atoms with Crippen molar-refractivity contribution in [3.05, 3.63) is 41.7 Å². The molecule has 0 radical (unpaired) electrons. The maximum atomic E-state index is 13.7. The second kappa shape index (κ2) is 11.0. The van der Waals surface area contributed by atoms with E-state index in [4.69, 9.17) is 4.74 Å². The van der Waals surface area contributed by atoms with E-state index in [1.807, 2.05) is 13.8 Å². The highest BCUT2D eigenvalue weighted by atomic mass is 19.4. The summed E-state index contributed by atoms with van der Waals surface area (Å²) in [7, 11) is 0. The summed E-state index contributed by atoms with van der Waals surface area (Å²) in [6.45, 7) is 2.45. The Morgan fingerprint density at radius 3 is 2.42 bits per heavy atom. The Hall–Kier alpha value is -3.77. The van der Waals surface area contributed by atoms with Crippen LogP contribution < -0.4 is 26.0 Å². The van der Waals surface area contributed by atoms with Crippen molar-refractivity contribution in [2.24, 2.45) is 17.8 Å². The lowest BCUT2D eigenvalue weighted by molar-refractivity contribution is -0.123. The Morgan fingerprint density at radius 2 is 1.80 bits per heavy atom. The summed E-state index contributed by atoms with van der Waals surface area (Å²) in [5, 5.41) is 14.4. The van der Waals surface area contributed by atoms with Crippen molar-refractivity contribution < 1.29 is 32.3 Å². The van der Waals surface area contributed by atoms with E-state index in [2.05, 4.69) is 21.0 Å². The first-order chi connectivity index (χ1) is 19.0. The van der Waals surface area contributed by atoms with Gasteiger partial charge >= 0.3 is 12.2 Å². The highest BCUT2D eigenvalue weighted by molar-refractivity contribution is 6.01. The van der Waals surface area contributed by atoms with Crippen molar-refractivity contribution in [1.82, 2.24) is 25.7 Å². The minimum atomic E-state index is -4.51. The van der Waals surface area contributed by atoms with Crippen molar-refractivity contribution >= 4 is 23.5 Å². The summed E-state index contributed by atoms with van der Waals surface area (Å²) in [6, 6.07) is 4.19. The van der Waals surface area contributed by atoms with Gasteiger partial charge in [0, 0.05) is 29.6 Å². The van der Waals surface area contributed by atoms with Crippen molar-refractivity contribution in [3.63, 3.8) is 0 Å². The van der Waals surface area contributed by atoms with Crippen LogP contribution in [0.1, 0.15) is 67.7 Å². The Balaban J connectivity index is 1.28. The smallest absolute Gasteiger partial charge is 0.405 e. The van der Waals surface area contributed by atoms with Gasteiger partial charge in [0.15, 0.2) is 0 Å². The molecule has 0 unspecified atom stereocenters. The van der Waals surface area contributed by atoms with Gasteiger partial charge in [0.2, 0.25) is 5.91 Å². The van der Waals surface area contributed by atoms with Gasteiger partial charge in [-0.25, -0.2) is 4.79 Å². The molecule has 2 atom stereocenters. The highest BCUT2D eigenvalue weighted by Gasteiger charge is 2.48. The molecule has 1 aliphatic heterocycles. The third-order valence-corrected chi connectivity index (χ3v) is 7.50. The Bertz CT molecular complexity index is 1260. The molecular formula is C27H33F3N6O4. The molecule has 2 heterocycles. The van der Waals surface area contributed by atoms with E-state index in [9.17, 15) is 27.6 Å². The number of amides is 4. The van der Waals surface area contributed by atoms with E-state index >= 15 is 0 Å². The Morgan fingerprint density at radius 1 is 1.10 bits per heavy atom. The van der Waals surface area contributed by atoms with Crippen LogP contribution >= 0.6 is 0 Å². The number of carbonyl (C=O) groups is 3. The largest absolute Gasteiger partial charge is 0.491 e. The van der Waals surface area contributed by atoms with Crippen molar-refractivity contribution in [2.45, 2.75) is 63.8 Å². The highest BCUT2D eigenvalue weighted by Crippen LogP contribution is 2.51. The fourth-order valence-corrected chi connectivity index (χ4v) is 5.37. The summed E-state index contributed by atoms with van der Waals surface area (Å²) in [5.74, 6) is 0.532. The number of hydrogen-bond donors (Lipinski definition) is 4. The lowest BCUT2D eigenvalue weighted by atomic mass is 9.88. The van der Waals surface area contributed by atoms with Crippen LogP contribution in [0.5, 0.6) is 5.75 Å². The molecule has 5 rings (SSSR count). The molecule has 0 bridgehead atoms. The molecular weight excluding hydrogens is 529 g/mol. The van der Waals surface area contributed by atoms with Crippen LogP contribution in [0.15, 0.2) is 30.5 Å². The van der Waals surface area contributed by atoms with Gasteiger partial charge in [-0.15, -0.1) is 0 Å². The number of carbonyl (C=O) groups excluding carboxylic acids is 3. The van der Waals surface area contributed by atoms with Gasteiger partial charge in [-0.2, -0.15) is 18.3 Å². The molecule has 216 valence electrons. The average Bonchev–Trinajstić information content (AvgIpc) is 3.82. The number of nitrogens with one attached hydrogen (secondary N) is 4. The summed E-state index contributed by atoms with van der Waals surface area (Å²) in [4.78, 5) is 38.8. The second-order valence-corrected chi connectivity index (χ2v) is 11.0. The summed E-state index contributed by atoms with van der Waals surface area (Å²) in [5.41, 5.74) is 1.42. The number of ether oxygens (including phenoxy) is 1. The van der Waals surface area contributed by atoms with Gasteiger partial charge in [-0.1, -0.05) is 6.07 Å². The van der Waals surface area contributed by atoms with Crippen LogP contribution in [0.3, 0.4) is 0 Å². The van der Waals surface area contributed by atoms with Crippen LogP contribution in [0.25, 0.3) is 0 Å². The third kappa shape index (κ3) is 6.50. The summed E-state index contributed by atoms with van der Waals surface area (Å²) >= 11 is 0. The van der Waals surface area contributed by atoms with Crippen LogP contribution in [0.4, 0.5) is 23.7 Å². The lowest BCUT2D eigenvalue weighted by Crippen LogP contribution is -2.50. The second-order valence-electron chi connectivity index (χ2n) is 11.0. The van der Waals surface area contributed by atoms with E-state index in [-0.39, 0.29) is 30.4 Å². The zero-order valence-corrected chi connectivity index (χ0v) is 22.3. The van der Waals surface area contributed by atoms with E-state index in [1.165, 1.54) is 0 Å². The number of rotatable bonds is 10. The topological polar surface area (TPSA) is 126 Å². The Labute approximate surface area is 229 Å². The number of benzene rings is 1. The zero-order chi connectivity index (χ0) is 28.6. The fraction of sp³-hybridized carbons (Fsp3) is 0.556. The molecule has 4 N–H and O–H groups in total. The molecule has 2 fully saturated rings. The first-order valence-electron chi connectivity index (χ1n) is 13.5. The van der Waals surface area contributed by atoms with Crippen molar-refractivity contribution in [1.29, 1.82) is 0 Å². The number of aromatic nitrogens is 2. The monoisotopic (exact) mass is 562 g/mol. The number of fused-ring (bicyclic) bond motifs is 1. The molecule has 13 heteroatoms. The standard InChI is InChI=1S/C27H33F3N6O4/c1-14(2)36-20(9-10-32-36)24(37)35-23(22(15-3-4-15)16-5-6-16)25(38)33-17-7-8-18-19(12-40-21(18)11-17)34-26(39)31-13-27(28,29)30/h7-11,14-16,19,22-23H,3-6,12-13H2,1-2H3,(H,33,38)(H,35,37)(H2,31,34,39)/t19-,23+/m1/s1. The van der Waals surface area contributed by atoms with E-state index in [1.54, 1.807) is 40.5 Å². The molecule has 0 saturated heterocycles. The van der Waals surface area contributed by atoms with Gasteiger partial charge in [0.05, 0.1) is 6.04 Å². The number of nitrogens with zero attached hydrogens (tertiary/aromatic N) is 2. The molecule has 0 spiro atoms. The van der Waals surface area contributed by atoms with Crippen LogP contribution in [-0.2, 0) is 4.79 Å². The van der Waals surface area contributed by atoms with Gasteiger partial charge < -0.3 is 26.0 Å². The third-order valence-electron chi connectivity index (χ3n) is 7.50. The number of alkyl halides is 3. The molecule has 40 heavy (non-hydrogen) atoms. The molecule has 2 aromatic rings. The predicted octanol–water partition coefficient (Wildman–Crippen LogP) is 3.93. The fourth-order valence-electron chi connectivity index (χ4n) is 5.37. The van der Waals surface area contributed by atoms with Gasteiger partial charge in [-0.3, -0.25) is 14.3 Å². The first kappa shape index (κ1) is 27.8. The first-order valence-corrected chi connectivity index (χ1v) is 13.5. The van der Waals surface area contributed by atoms with Crippen molar-refractivity contribution in [3.8, 4) is 5.75 Å². The summed E-state index contributed by atoms with van der Waals surface area (Å²) < 4.78 is 44.4. The maximum Gasteiger partial charge on any atom is 0.405 e. The van der Waals surface area contributed by atoms with Crippen LogP contribution in [0.2, 0.25) is 0 Å². The number of halogens is 3. The predicted molar refractivity (Wildman–Crippen MR) is 139 cm³/mol. The van der Waals surface area contributed by atoms with E-state index in [0.29, 0.717) is 34.5 Å².